The number of amides is 1. The number of hydrogen-bond acceptors (Lipinski definition) is 4. The number of nitrogens with one attached hydrogen (secondary N) is 2. The Morgan fingerprint density at radius 2 is 2.10 bits per heavy atom. The third-order valence-electron chi connectivity index (χ3n) is 3.15. The number of anilines is 1. The number of thiophene rings is 1. The van der Waals surface area contributed by atoms with Gasteiger partial charge in [-0.15, -0.1) is 11.3 Å². The van der Waals surface area contributed by atoms with Crippen LogP contribution in [0.3, 0.4) is 0 Å². The van der Waals surface area contributed by atoms with E-state index >= 15 is 0 Å². The number of sulfonamides is 1. The number of carbonyl (C=O) groups excluding carboxylic acids is 1. The van der Waals surface area contributed by atoms with E-state index in [9.17, 15) is 13.2 Å². The standard InChI is InChI=1S/C13H11ClN2O3S2/c1-7-4-11(20-12(7)14)21(18,19)16-9-3-2-8-6-15-13(17)10(8)5-9/h2-5,16H,6H2,1H3,(H,15,17). The van der Waals surface area contributed by atoms with Gasteiger partial charge in [-0.1, -0.05) is 17.7 Å². The maximum Gasteiger partial charge on any atom is 0.271 e. The molecule has 1 amide bonds. The topological polar surface area (TPSA) is 75.3 Å². The molecule has 21 heavy (non-hydrogen) atoms. The van der Waals surface area contributed by atoms with Gasteiger partial charge in [0.05, 0.1) is 4.34 Å². The Labute approximate surface area is 131 Å². The zero-order chi connectivity index (χ0) is 15.2. The summed E-state index contributed by atoms with van der Waals surface area (Å²) < 4.78 is 27.6. The van der Waals surface area contributed by atoms with Gasteiger partial charge in [-0.25, -0.2) is 8.42 Å². The van der Waals surface area contributed by atoms with Crippen LogP contribution in [0.25, 0.3) is 0 Å². The van der Waals surface area contributed by atoms with Gasteiger partial charge >= 0.3 is 0 Å². The van der Waals surface area contributed by atoms with Crippen LogP contribution in [0.4, 0.5) is 5.69 Å². The second kappa shape index (κ2) is 5.01. The Morgan fingerprint density at radius 3 is 2.76 bits per heavy atom. The molecule has 0 atom stereocenters. The Hall–Kier alpha value is -1.57. The zero-order valence-corrected chi connectivity index (χ0v) is 13.3. The van der Waals surface area contributed by atoms with Crippen LogP contribution in [-0.4, -0.2) is 14.3 Å². The molecule has 0 spiro atoms. The summed E-state index contributed by atoms with van der Waals surface area (Å²) in [7, 11) is -3.70. The molecular weight excluding hydrogens is 332 g/mol. The van der Waals surface area contributed by atoms with E-state index in [2.05, 4.69) is 10.0 Å². The minimum absolute atomic E-state index is 0.148. The highest BCUT2D eigenvalue weighted by Crippen LogP contribution is 2.31. The molecule has 110 valence electrons. The van der Waals surface area contributed by atoms with Crippen molar-refractivity contribution in [2.75, 3.05) is 4.72 Å². The van der Waals surface area contributed by atoms with Crippen LogP contribution >= 0.6 is 22.9 Å². The number of fused-ring (bicyclic) bond motifs is 1. The molecule has 0 aliphatic carbocycles. The lowest BCUT2D eigenvalue weighted by Gasteiger charge is -2.07. The molecule has 0 radical (unpaired) electrons. The predicted molar refractivity (Wildman–Crippen MR) is 82.5 cm³/mol. The van der Waals surface area contributed by atoms with E-state index in [1.165, 1.54) is 12.1 Å². The van der Waals surface area contributed by atoms with Gasteiger partial charge in [-0.2, -0.15) is 0 Å². The Bertz CT molecular complexity index is 824. The van der Waals surface area contributed by atoms with E-state index in [1.807, 2.05) is 0 Å². The number of benzene rings is 1. The van der Waals surface area contributed by atoms with Crippen LogP contribution in [0.5, 0.6) is 0 Å². The van der Waals surface area contributed by atoms with Crippen molar-refractivity contribution in [1.82, 2.24) is 5.32 Å². The van der Waals surface area contributed by atoms with E-state index in [-0.39, 0.29) is 10.1 Å². The average molecular weight is 343 g/mol. The minimum Gasteiger partial charge on any atom is -0.348 e. The number of carbonyl (C=O) groups is 1. The fourth-order valence-electron chi connectivity index (χ4n) is 2.05. The van der Waals surface area contributed by atoms with Gasteiger partial charge in [0, 0.05) is 17.8 Å². The molecule has 2 aromatic rings. The fraction of sp³-hybridized carbons (Fsp3) is 0.154. The number of hydrogen-bond donors (Lipinski definition) is 2. The van der Waals surface area contributed by atoms with Crippen LogP contribution in [-0.2, 0) is 16.6 Å². The van der Waals surface area contributed by atoms with Crippen molar-refractivity contribution in [3.05, 3.63) is 45.3 Å². The SMILES string of the molecule is Cc1cc(S(=O)(=O)Nc2ccc3c(c2)C(=O)NC3)sc1Cl. The maximum absolute atomic E-state index is 12.3. The highest BCUT2D eigenvalue weighted by atomic mass is 35.5. The molecule has 1 aromatic carbocycles. The van der Waals surface area contributed by atoms with Crippen LogP contribution < -0.4 is 10.0 Å². The molecule has 2 heterocycles. The van der Waals surface area contributed by atoms with Gasteiger partial charge in [0.2, 0.25) is 0 Å². The smallest absolute Gasteiger partial charge is 0.271 e. The summed E-state index contributed by atoms with van der Waals surface area (Å²) >= 11 is 6.91. The first kappa shape index (κ1) is 14.4. The monoisotopic (exact) mass is 342 g/mol. The van der Waals surface area contributed by atoms with E-state index in [0.717, 1.165) is 22.5 Å². The van der Waals surface area contributed by atoms with Gasteiger partial charge in [-0.3, -0.25) is 9.52 Å². The lowest BCUT2D eigenvalue weighted by atomic mass is 10.1. The third-order valence-corrected chi connectivity index (χ3v) is 6.56. The molecular formula is C13H11ClN2O3S2. The fourth-order valence-corrected chi connectivity index (χ4v) is 4.80. The molecule has 5 nitrogen and oxygen atoms in total. The molecule has 0 bridgehead atoms. The number of aryl methyl sites for hydroxylation is 1. The average Bonchev–Trinajstić information content (AvgIpc) is 2.95. The molecule has 0 saturated carbocycles. The molecule has 0 unspecified atom stereocenters. The van der Waals surface area contributed by atoms with E-state index in [0.29, 0.717) is 22.1 Å². The number of halogens is 1. The first-order valence-electron chi connectivity index (χ1n) is 6.07. The molecule has 1 aliphatic heterocycles. The summed E-state index contributed by atoms with van der Waals surface area (Å²) in [6.07, 6.45) is 0. The first-order chi connectivity index (χ1) is 9.87. The Kier molecular flexibility index (Phi) is 3.43. The minimum atomic E-state index is -3.70. The van der Waals surface area contributed by atoms with Crippen LogP contribution in [0.1, 0.15) is 21.5 Å². The highest BCUT2D eigenvalue weighted by Gasteiger charge is 2.22. The molecule has 1 aliphatic rings. The van der Waals surface area contributed by atoms with Gasteiger partial charge in [0.1, 0.15) is 4.21 Å². The van der Waals surface area contributed by atoms with Gasteiger partial charge in [0.25, 0.3) is 15.9 Å². The largest absolute Gasteiger partial charge is 0.348 e. The van der Waals surface area contributed by atoms with Crippen molar-refractivity contribution in [3.63, 3.8) is 0 Å². The molecule has 0 fully saturated rings. The van der Waals surface area contributed by atoms with E-state index < -0.39 is 10.0 Å². The van der Waals surface area contributed by atoms with Gasteiger partial charge < -0.3 is 5.32 Å². The second-order valence-electron chi connectivity index (χ2n) is 4.68. The maximum atomic E-state index is 12.3. The van der Waals surface area contributed by atoms with E-state index in [4.69, 9.17) is 11.6 Å². The summed E-state index contributed by atoms with van der Waals surface area (Å²) in [5, 5.41) is 2.69. The number of rotatable bonds is 3. The molecule has 8 heteroatoms. The summed E-state index contributed by atoms with van der Waals surface area (Å²) in [6, 6.07) is 6.43. The summed E-state index contributed by atoms with van der Waals surface area (Å²) in [6.45, 7) is 2.22. The van der Waals surface area contributed by atoms with Crippen molar-refractivity contribution in [2.24, 2.45) is 0 Å². The second-order valence-corrected chi connectivity index (χ2v) is 8.25. The quantitative estimate of drug-likeness (QED) is 0.900. The van der Waals surface area contributed by atoms with Crippen LogP contribution in [0.15, 0.2) is 28.5 Å². The summed E-state index contributed by atoms with van der Waals surface area (Å²) in [5.74, 6) is -0.193. The molecule has 0 saturated heterocycles. The van der Waals surface area contributed by atoms with Gasteiger partial charge in [-0.05, 0) is 36.2 Å². The zero-order valence-electron chi connectivity index (χ0n) is 10.9. The van der Waals surface area contributed by atoms with Crippen LogP contribution in [0.2, 0.25) is 4.34 Å². The first-order valence-corrected chi connectivity index (χ1v) is 8.74. The van der Waals surface area contributed by atoms with Crippen molar-refractivity contribution in [1.29, 1.82) is 0 Å². The van der Waals surface area contributed by atoms with E-state index in [1.54, 1.807) is 19.1 Å². The Morgan fingerprint density at radius 1 is 1.33 bits per heavy atom. The van der Waals surface area contributed by atoms with Gasteiger partial charge in [0.15, 0.2) is 0 Å². The molecule has 2 N–H and O–H groups in total. The van der Waals surface area contributed by atoms with Crippen molar-refractivity contribution < 1.29 is 13.2 Å². The summed E-state index contributed by atoms with van der Waals surface area (Å²) in [5.41, 5.74) is 2.43. The lowest BCUT2D eigenvalue weighted by molar-refractivity contribution is 0.0966. The third kappa shape index (κ3) is 2.64. The molecule has 1 aromatic heterocycles. The predicted octanol–water partition coefficient (Wildman–Crippen LogP) is 2.75. The van der Waals surface area contributed by atoms with Crippen molar-refractivity contribution in [2.45, 2.75) is 17.7 Å². The van der Waals surface area contributed by atoms with Crippen molar-refractivity contribution in [3.8, 4) is 0 Å². The van der Waals surface area contributed by atoms with Crippen molar-refractivity contribution >= 4 is 44.6 Å². The summed E-state index contributed by atoms with van der Waals surface area (Å²) in [4.78, 5) is 11.6. The van der Waals surface area contributed by atoms with Crippen LogP contribution in [0, 0.1) is 6.92 Å². The normalized spacial score (nSPS) is 13.9. The molecule has 3 rings (SSSR count). The Balaban J connectivity index is 1.93. The highest BCUT2D eigenvalue weighted by molar-refractivity contribution is 7.94. The lowest BCUT2D eigenvalue weighted by Crippen LogP contribution is -2.13.